The molecule has 0 aromatic carbocycles. The molecule has 13 heavy (non-hydrogen) atoms. The molecule has 0 heterocycles. The second kappa shape index (κ2) is 4.84. The second-order valence-electron chi connectivity index (χ2n) is 3.71. The SMILES string of the molecule is COC(=O)CCOC(=O)C(C)(C)C. The summed E-state index contributed by atoms with van der Waals surface area (Å²) in [7, 11) is 1.30. The summed E-state index contributed by atoms with van der Waals surface area (Å²) in [6, 6.07) is 0. The Hall–Kier alpha value is -1.06. The monoisotopic (exact) mass is 188 g/mol. The highest BCUT2D eigenvalue weighted by Crippen LogP contribution is 2.14. The van der Waals surface area contributed by atoms with Crippen molar-refractivity contribution in [2.24, 2.45) is 5.41 Å². The molecule has 76 valence electrons. The zero-order valence-electron chi connectivity index (χ0n) is 8.55. The standard InChI is InChI=1S/C9H16O4/c1-9(2,3)8(11)13-6-5-7(10)12-4/h5-6H2,1-4H3. The molecule has 0 saturated carbocycles. The fourth-order valence-corrected chi connectivity index (χ4v) is 0.546. The molecule has 0 aliphatic rings. The van der Waals surface area contributed by atoms with Crippen molar-refractivity contribution in [3.8, 4) is 0 Å². The van der Waals surface area contributed by atoms with Crippen LogP contribution in [-0.4, -0.2) is 25.7 Å². The number of rotatable bonds is 3. The van der Waals surface area contributed by atoms with Gasteiger partial charge in [-0.05, 0) is 20.8 Å². The van der Waals surface area contributed by atoms with Gasteiger partial charge in [-0.1, -0.05) is 0 Å². The average Bonchev–Trinajstić information content (AvgIpc) is 2.02. The van der Waals surface area contributed by atoms with Crippen molar-refractivity contribution in [1.29, 1.82) is 0 Å². The zero-order chi connectivity index (χ0) is 10.5. The minimum absolute atomic E-state index is 0.0861. The Balaban J connectivity index is 3.67. The third kappa shape index (κ3) is 5.22. The largest absolute Gasteiger partial charge is 0.469 e. The van der Waals surface area contributed by atoms with Crippen LogP contribution in [-0.2, 0) is 19.1 Å². The number of carbonyl (C=O) groups is 2. The van der Waals surface area contributed by atoms with Gasteiger partial charge in [0.05, 0.1) is 18.9 Å². The first-order valence-corrected chi connectivity index (χ1v) is 4.12. The molecule has 0 radical (unpaired) electrons. The fraction of sp³-hybridized carbons (Fsp3) is 0.778. The molecule has 0 fully saturated rings. The lowest BCUT2D eigenvalue weighted by Crippen LogP contribution is -2.24. The molecule has 0 N–H and O–H groups in total. The number of hydrogen-bond donors (Lipinski definition) is 0. The quantitative estimate of drug-likeness (QED) is 0.623. The molecular weight excluding hydrogens is 172 g/mol. The highest BCUT2D eigenvalue weighted by Gasteiger charge is 2.22. The van der Waals surface area contributed by atoms with Gasteiger partial charge in [0, 0.05) is 0 Å². The van der Waals surface area contributed by atoms with Gasteiger partial charge in [0.25, 0.3) is 0 Å². The molecule has 0 unspecified atom stereocenters. The lowest BCUT2D eigenvalue weighted by molar-refractivity contribution is -0.155. The number of esters is 2. The van der Waals surface area contributed by atoms with E-state index in [9.17, 15) is 9.59 Å². The third-order valence-corrected chi connectivity index (χ3v) is 1.38. The van der Waals surface area contributed by atoms with Crippen LogP contribution in [0.2, 0.25) is 0 Å². The Morgan fingerprint density at radius 1 is 1.23 bits per heavy atom. The predicted octanol–water partition coefficient (Wildman–Crippen LogP) is 1.14. The molecule has 0 spiro atoms. The van der Waals surface area contributed by atoms with Crippen LogP contribution in [0, 0.1) is 5.41 Å². The van der Waals surface area contributed by atoms with E-state index in [1.165, 1.54) is 7.11 Å². The maximum absolute atomic E-state index is 11.2. The molecule has 0 saturated heterocycles. The van der Waals surface area contributed by atoms with Crippen LogP contribution < -0.4 is 0 Å². The maximum Gasteiger partial charge on any atom is 0.311 e. The highest BCUT2D eigenvalue weighted by molar-refractivity contribution is 5.76. The Bertz CT molecular complexity index is 190. The summed E-state index contributed by atoms with van der Waals surface area (Å²) < 4.78 is 9.23. The molecule has 0 atom stereocenters. The van der Waals surface area contributed by atoms with Gasteiger partial charge in [0.1, 0.15) is 6.61 Å². The second-order valence-corrected chi connectivity index (χ2v) is 3.71. The summed E-state index contributed by atoms with van der Waals surface area (Å²) in [6.07, 6.45) is 0.109. The molecule has 0 aliphatic carbocycles. The first-order chi connectivity index (χ1) is 5.88. The first-order valence-electron chi connectivity index (χ1n) is 4.12. The van der Waals surface area contributed by atoms with Crippen molar-refractivity contribution in [3.05, 3.63) is 0 Å². The van der Waals surface area contributed by atoms with Gasteiger partial charge in [0.2, 0.25) is 0 Å². The summed E-state index contributed by atoms with van der Waals surface area (Å²) >= 11 is 0. The number of hydrogen-bond acceptors (Lipinski definition) is 4. The number of methoxy groups -OCH3 is 1. The van der Waals surface area contributed by atoms with Gasteiger partial charge in [0.15, 0.2) is 0 Å². The van der Waals surface area contributed by atoms with E-state index < -0.39 is 5.41 Å². The van der Waals surface area contributed by atoms with Crippen molar-refractivity contribution in [1.82, 2.24) is 0 Å². The van der Waals surface area contributed by atoms with Crippen LogP contribution in [0.25, 0.3) is 0 Å². The van der Waals surface area contributed by atoms with Gasteiger partial charge in [-0.2, -0.15) is 0 Å². The lowest BCUT2D eigenvalue weighted by atomic mass is 9.97. The normalized spacial score (nSPS) is 10.8. The molecule has 0 rings (SSSR count). The first kappa shape index (κ1) is 11.9. The van der Waals surface area contributed by atoms with E-state index in [1.54, 1.807) is 20.8 Å². The van der Waals surface area contributed by atoms with Gasteiger partial charge in [-0.15, -0.1) is 0 Å². The summed E-state index contributed by atoms with van der Waals surface area (Å²) in [5, 5.41) is 0. The Morgan fingerprint density at radius 3 is 2.15 bits per heavy atom. The molecule has 4 heteroatoms. The van der Waals surface area contributed by atoms with E-state index in [1.807, 2.05) is 0 Å². The average molecular weight is 188 g/mol. The van der Waals surface area contributed by atoms with E-state index >= 15 is 0 Å². The molecule has 0 aromatic heterocycles. The highest BCUT2D eigenvalue weighted by atomic mass is 16.5. The van der Waals surface area contributed by atoms with Crippen molar-refractivity contribution in [2.45, 2.75) is 27.2 Å². The molecule has 0 aromatic rings. The van der Waals surface area contributed by atoms with Gasteiger partial charge < -0.3 is 9.47 Å². The lowest BCUT2D eigenvalue weighted by Gasteiger charge is -2.15. The molecule has 0 bridgehead atoms. The fourth-order valence-electron chi connectivity index (χ4n) is 0.546. The van der Waals surface area contributed by atoms with Gasteiger partial charge >= 0.3 is 11.9 Å². The van der Waals surface area contributed by atoms with Crippen LogP contribution in [0.3, 0.4) is 0 Å². The van der Waals surface area contributed by atoms with E-state index in [-0.39, 0.29) is 25.0 Å². The Kier molecular flexibility index (Phi) is 4.45. The van der Waals surface area contributed by atoms with E-state index in [0.29, 0.717) is 0 Å². The zero-order valence-corrected chi connectivity index (χ0v) is 8.55. The Morgan fingerprint density at radius 2 is 1.77 bits per heavy atom. The van der Waals surface area contributed by atoms with Crippen molar-refractivity contribution in [3.63, 3.8) is 0 Å². The topological polar surface area (TPSA) is 52.6 Å². The number of ether oxygens (including phenoxy) is 2. The van der Waals surface area contributed by atoms with E-state index in [0.717, 1.165) is 0 Å². The molecular formula is C9H16O4. The van der Waals surface area contributed by atoms with E-state index in [4.69, 9.17) is 4.74 Å². The van der Waals surface area contributed by atoms with Crippen LogP contribution in [0.15, 0.2) is 0 Å². The summed E-state index contributed by atoms with van der Waals surface area (Å²) in [6.45, 7) is 5.36. The third-order valence-electron chi connectivity index (χ3n) is 1.38. The van der Waals surface area contributed by atoms with Crippen molar-refractivity contribution in [2.75, 3.05) is 13.7 Å². The summed E-state index contributed by atoms with van der Waals surface area (Å²) in [4.78, 5) is 21.8. The summed E-state index contributed by atoms with van der Waals surface area (Å²) in [5.74, 6) is -0.682. The van der Waals surface area contributed by atoms with Crippen molar-refractivity contribution < 1.29 is 19.1 Å². The maximum atomic E-state index is 11.2. The minimum atomic E-state index is -0.518. The smallest absolute Gasteiger partial charge is 0.311 e. The van der Waals surface area contributed by atoms with Crippen LogP contribution in [0.4, 0.5) is 0 Å². The molecule has 4 nitrogen and oxygen atoms in total. The predicted molar refractivity (Wildman–Crippen MR) is 47.0 cm³/mol. The molecule has 0 aliphatic heterocycles. The van der Waals surface area contributed by atoms with Crippen molar-refractivity contribution >= 4 is 11.9 Å². The molecule has 0 amide bonds. The Labute approximate surface area is 78.2 Å². The minimum Gasteiger partial charge on any atom is -0.469 e. The summed E-state index contributed by atoms with van der Waals surface area (Å²) in [5.41, 5.74) is -0.518. The van der Waals surface area contributed by atoms with Crippen LogP contribution >= 0.6 is 0 Å². The van der Waals surface area contributed by atoms with Gasteiger partial charge in [-0.25, -0.2) is 0 Å². The van der Waals surface area contributed by atoms with E-state index in [2.05, 4.69) is 4.74 Å². The van der Waals surface area contributed by atoms with Crippen LogP contribution in [0.5, 0.6) is 0 Å². The number of carbonyl (C=O) groups excluding carboxylic acids is 2. The van der Waals surface area contributed by atoms with Crippen LogP contribution in [0.1, 0.15) is 27.2 Å². The van der Waals surface area contributed by atoms with Gasteiger partial charge in [-0.3, -0.25) is 9.59 Å².